The maximum atomic E-state index is 13.3. The second kappa shape index (κ2) is 9.72. The van der Waals surface area contributed by atoms with E-state index in [0.717, 1.165) is 32.4 Å². The van der Waals surface area contributed by atoms with Crippen LogP contribution < -0.4 is 9.64 Å². The topological polar surface area (TPSA) is 83.0 Å². The van der Waals surface area contributed by atoms with E-state index < -0.39 is 6.10 Å². The van der Waals surface area contributed by atoms with Crippen molar-refractivity contribution in [2.75, 3.05) is 31.1 Å². The summed E-state index contributed by atoms with van der Waals surface area (Å²) < 4.78 is 5.87. The fourth-order valence-corrected chi connectivity index (χ4v) is 5.99. The van der Waals surface area contributed by atoms with Gasteiger partial charge in [-0.2, -0.15) is 0 Å². The number of ketones is 1. The van der Waals surface area contributed by atoms with Gasteiger partial charge in [-0.1, -0.05) is 18.2 Å². The van der Waals surface area contributed by atoms with Gasteiger partial charge in [0.25, 0.3) is 5.91 Å². The first-order valence-electron chi connectivity index (χ1n) is 11.1. The number of benzene rings is 1. The molecule has 33 heavy (non-hydrogen) atoms. The van der Waals surface area contributed by atoms with Crippen molar-refractivity contribution in [3.8, 4) is 5.75 Å². The maximum Gasteiger partial charge on any atom is 0.270 e. The smallest absolute Gasteiger partial charge is 0.270 e. The molecule has 3 aromatic rings. The molecule has 1 fully saturated rings. The lowest BCUT2D eigenvalue weighted by Gasteiger charge is -2.25. The molecule has 172 valence electrons. The van der Waals surface area contributed by atoms with Crippen LogP contribution in [0.1, 0.15) is 51.1 Å². The minimum atomic E-state index is -0.777. The Bertz CT molecular complexity index is 1130. The Hall–Kier alpha value is -2.59. The van der Waals surface area contributed by atoms with Crippen LogP contribution in [0.5, 0.6) is 5.75 Å². The first kappa shape index (κ1) is 22.2. The van der Waals surface area contributed by atoms with E-state index in [1.807, 2.05) is 29.6 Å². The van der Waals surface area contributed by atoms with Gasteiger partial charge in [0.15, 0.2) is 5.13 Å². The summed E-state index contributed by atoms with van der Waals surface area (Å²) in [5.41, 5.74) is 1.09. The van der Waals surface area contributed by atoms with Crippen molar-refractivity contribution in [3.63, 3.8) is 0 Å². The van der Waals surface area contributed by atoms with Gasteiger partial charge in [-0.25, -0.2) is 4.98 Å². The molecule has 0 spiro atoms. The van der Waals surface area contributed by atoms with Gasteiger partial charge in [-0.15, -0.1) is 22.7 Å². The molecular weight excluding hydrogens is 458 g/mol. The summed E-state index contributed by atoms with van der Waals surface area (Å²) in [5, 5.41) is 13.8. The van der Waals surface area contributed by atoms with Crippen LogP contribution in [-0.2, 0) is 0 Å². The van der Waals surface area contributed by atoms with Gasteiger partial charge >= 0.3 is 0 Å². The molecular formula is C24H25N3O4S2. The highest BCUT2D eigenvalue weighted by Gasteiger charge is 2.36. The molecule has 1 saturated heterocycles. The second-order valence-corrected chi connectivity index (χ2v) is 10.00. The average Bonchev–Trinajstić information content (AvgIpc) is 3.64. The molecule has 2 aliphatic heterocycles. The molecule has 1 N–H and O–H groups in total. The lowest BCUT2D eigenvalue weighted by Crippen LogP contribution is -2.37. The lowest BCUT2D eigenvalue weighted by atomic mass is 10.1. The first-order chi connectivity index (χ1) is 16.2. The van der Waals surface area contributed by atoms with Crippen LogP contribution in [-0.4, -0.2) is 59.0 Å². The highest BCUT2D eigenvalue weighted by atomic mass is 32.1. The normalized spacial score (nSPS) is 20.1. The number of thiazole rings is 1. The number of anilines is 1. The van der Waals surface area contributed by atoms with Gasteiger partial charge in [0, 0.05) is 24.5 Å². The van der Waals surface area contributed by atoms with Crippen LogP contribution in [0.3, 0.4) is 0 Å². The number of rotatable bonds is 8. The third-order valence-corrected chi connectivity index (χ3v) is 7.90. The number of aliphatic hydroxyl groups excluding tert-OH is 1. The zero-order chi connectivity index (χ0) is 22.8. The summed E-state index contributed by atoms with van der Waals surface area (Å²) in [6.07, 6.45) is 2.10. The third-order valence-electron chi connectivity index (χ3n) is 6.16. The SMILES string of the molecule is O=C1c2ccccc2OC1c1csc(N(CCCN2CCCC2CO)C(=O)c2cccs2)n1. The van der Waals surface area contributed by atoms with Gasteiger partial charge in [-0.3, -0.25) is 19.4 Å². The Labute approximate surface area is 200 Å². The number of hydrogen-bond donors (Lipinski definition) is 1. The summed E-state index contributed by atoms with van der Waals surface area (Å²) in [5.74, 6) is 0.369. The fraction of sp³-hybridized carbons (Fsp3) is 0.375. The minimum absolute atomic E-state index is 0.0898. The molecule has 0 aliphatic carbocycles. The molecule has 2 unspecified atom stereocenters. The molecule has 2 aliphatic rings. The van der Waals surface area contributed by atoms with Gasteiger partial charge < -0.3 is 9.84 Å². The van der Waals surface area contributed by atoms with E-state index >= 15 is 0 Å². The molecule has 0 bridgehead atoms. The minimum Gasteiger partial charge on any atom is -0.475 e. The molecule has 1 aromatic carbocycles. The van der Waals surface area contributed by atoms with Crippen molar-refractivity contribution in [2.45, 2.75) is 31.4 Å². The van der Waals surface area contributed by atoms with Crippen LogP contribution in [0.2, 0.25) is 0 Å². The number of fused-ring (bicyclic) bond motifs is 1. The number of amides is 1. The number of carbonyl (C=O) groups excluding carboxylic acids is 2. The summed E-state index contributed by atoms with van der Waals surface area (Å²) in [4.78, 5) is 35.4. The van der Waals surface area contributed by atoms with Crippen LogP contribution >= 0.6 is 22.7 Å². The van der Waals surface area contributed by atoms with Gasteiger partial charge in [0.05, 0.1) is 17.0 Å². The average molecular weight is 484 g/mol. The number of hydrogen-bond acceptors (Lipinski definition) is 8. The van der Waals surface area contributed by atoms with Crippen molar-refractivity contribution in [1.29, 1.82) is 0 Å². The monoisotopic (exact) mass is 483 g/mol. The predicted molar refractivity (Wildman–Crippen MR) is 129 cm³/mol. The summed E-state index contributed by atoms with van der Waals surface area (Å²) >= 11 is 2.76. The highest BCUT2D eigenvalue weighted by Crippen LogP contribution is 2.38. The summed E-state index contributed by atoms with van der Waals surface area (Å²) in [6.45, 7) is 2.48. The molecule has 9 heteroatoms. The quantitative estimate of drug-likeness (QED) is 0.521. The van der Waals surface area contributed by atoms with Crippen molar-refractivity contribution in [3.05, 3.63) is 63.3 Å². The Morgan fingerprint density at radius 2 is 2.12 bits per heavy atom. The summed E-state index contributed by atoms with van der Waals surface area (Å²) in [6, 6.07) is 11.1. The van der Waals surface area contributed by atoms with Gasteiger partial charge in [0.1, 0.15) is 11.4 Å². The standard InChI is InChI=1S/C24H25N3O4S2/c28-14-16-6-3-10-26(16)11-5-12-27(23(30)20-9-4-13-32-20)24-25-18(15-33-24)22-21(29)17-7-1-2-8-19(17)31-22/h1-2,4,7-9,13,15-16,22,28H,3,5-6,10-12,14H2. The zero-order valence-corrected chi connectivity index (χ0v) is 19.7. The molecule has 5 rings (SSSR count). The molecule has 2 atom stereocenters. The van der Waals surface area contributed by atoms with Crippen molar-refractivity contribution < 1.29 is 19.4 Å². The van der Waals surface area contributed by atoms with Crippen molar-refractivity contribution in [1.82, 2.24) is 9.88 Å². The van der Waals surface area contributed by atoms with Crippen molar-refractivity contribution >= 4 is 39.5 Å². The first-order valence-corrected chi connectivity index (χ1v) is 12.9. The highest BCUT2D eigenvalue weighted by molar-refractivity contribution is 7.14. The molecule has 1 amide bonds. The van der Waals surface area contributed by atoms with E-state index in [1.165, 1.54) is 22.7 Å². The van der Waals surface area contributed by atoms with Gasteiger partial charge in [-0.05, 0) is 49.4 Å². The number of aromatic nitrogens is 1. The number of aliphatic hydroxyl groups is 1. The van der Waals surface area contributed by atoms with E-state index in [9.17, 15) is 14.7 Å². The molecule has 0 saturated carbocycles. The number of Topliss-reactive ketones (excluding diaryl/α,β-unsaturated/α-hetero) is 1. The molecule has 4 heterocycles. The Morgan fingerprint density at radius 3 is 2.91 bits per heavy atom. The van der Waals surface area contributed by atoms with Crippen molar-refractivity contribution in [2.24, 2.45) is 0 Å². The van der Waals surface area contributed by atoms with E-state index in [4.69, 9.17) is 4.74 Å². The number of thiophene rings is 1. The van der Waals surface area contributed by atoms with Crippen LogP contribution in [0.15, 0.2) is 47.2 Å². The number of para-hydroxylation sites is 1. The Morgan fingerprint density at radius 1 is 1.24 bits per heavy atom. The van der Waals surface area contributed by atoms with Crippen LogP contribution in [0, 0.1) is 0 Å². The predicted octanol–water partition coefficient (Wildman–Crippen LogP) is 4.01. The lowest BCUT2D eigenvalue weighted by molar-refractivity contribution is 0.0854. The number of likely N-dealkylation sites (tertiary alicyclic amines) is 1. The van der Waals surface area contributed by atoms with Crippen LogP contribution in [0.4, 0.5) is 5.13 Å². The van der Waals surface area contributed by atoms with Gasteiger partial charge in [0.2, 0.25) is 11.9 Å². The molecule has 0 radical (unpaired) electrons. The number of nitrogens with zero attached hydrogens (tertiary/aromatic N) is 3. The maximum absolute atomic E-state index is 13.3. The number of carbonyl (C=O) groups is 2. The Balaban J connectivity index is 1.33. The molecule has 7 nitrogen and oxygen atoms in total. The third kappa shape index (κ3) is 4.46. The Kier molecular flexibility index (Phi) is 6.55. The molecule has 2 aromatic heterocycles. The fourth-order valence-electron chi connectivity index (χ4n) is 4.46. The summed E-state index contributed by atoms with van der Waals surface area (Å²) in [7, 11) is 0. The largest absolute Gasteiger partial charge is 0.475 e. The van der Waals surface area contributed by atoms with E-state index in [1.54, 1.807) is 22.4 Å². The van der Waals surface area contributed by atoms with Crippen LogP contribution in [0.25, 0.3) is 0 Å². The number of ether oxygens (including phenoxy) is 1. The van der Waals surface area contributed by atoms with E-state index in [2.05, 4.69) is 9.88 Å². The van der Waals surface area contributed by atoms with E-state index in [0.29, 0.717) is 33.6 Å². The zero-order valence-electron chi connectivity index (χ0n) is 18.1. The second-order valence-electron chi connectivity index (χ2n) is 8.22. The van der Waals surface area contributed by atoms with E-state index in [-0.39, 0.29) is 24.3 Å².